The summed E-state index contributed by atoms with van der Waals surface area (Å²) in [6, 6.07) is 6.58. The highest BCUT2D eigenvalue weighted by molar-refractivity contribution is 9.10. The lowest BCUT2D eigenvalue weighted by atomic mass is 9.98. The van der Waals surface area contributed by atoms with Crippen molar-refractivity contribution in [3.63, 3.8) is 0 Å². The fourth-order valence-electron chi connectivity index (χ4n) is 3.46. The Morgan fingerprint density at radius 3 is 2.67 bits per heavy atom. The topological polar surface area (TPSA) is 77.9 Å². The number of halogens is 1. The Morgan fingerprint density at radius 1 is 1.17 bits per heavy atom. The van der Waals surface area contributed by atoms with Crippen LogP contribution in [0.5, 0.6) is 0 Å². The van der Waals surface area contributed by atoms with Gasteiger partial charge in [-0.15, -0.1) is 0 Å². The van der Waals surface area contributed by atoms with E-state index < -0.39 is 17.9 Å². The Labute approximate surface area is 148 Å². The van der Waals surface area contributed by atoms with Crippen LogP contribution in [0.1, 0.15) is 25.7 Å². The normalized spacial score (nSPS) is 24.3. The lowest BCUT2D eigenvalue weighted by Gasteiger charge is -2.34. The van der Waals surface area contributed by atoms with Crippen molar-refractivity contribution in [1.82, 2.24) is 4.90 Å². The summed E-state index contributed by atoms with van der Waals surface area (Å²) >= 11 is 3.38. The van der Waals surface area contributed by atoms with Gasteiger partial charge >= 0.3 is 5.97 Å². The van der Waals surface area contributed by atoms with Crippen LogP contribution in [0.4, 0.5) is 5.69 Å². The molecule has 2 aliphatic heterocycles. The van der Waals surface area contributed by atoms with E-state index in [0.717, 1.165) is 23.0 Å². The number of anilines is 1. The largest absolute Gasteiger partial charge is 0.480 e. The quantitative estimate of drug-likeness (QED) is 0.797. The molecule has 1 N–H and O–H groups in total. The van der Waals surface area contributed by atoms with Crippen molar-refractivity contribution >= 4 is 39.4 Å². The van der Waals surface area contributed by atoms with Gasteiger partial charge in [-0.05, 0) is 43.9 Å². The highest BCUT2D eigenvalue weighted by Crippen LogP contribution is 2.30. The van der Waals surface area contributed by atoms with Crippen molar-refractivity contribution in [3.8, 4) is 0 Å². The Kier molecular flexibility index (Phi) is 4.89. The molecule has 2 amide bonds. The summed E-state index contributed by atoms with van der Waals surface area (Å²) in [6.45, 7) is 0.883. The summed E-state index contributed by atoms with van der Waals surface area (Å²) in [4.78, 5) is 39.9. The number of piperidine rings is 1. The first-order chi connectivity index (χ1) is 11.5. The first-order valence-electron chi connectivity index (χ1n) is 8.09. The van der Waals surface area contributed by atoms with E-state index in [0.29, 0.717) is 25.9 Å². The molecule has 128 valence electrons. The van der Waals surface area contributed by atoms with Gasteiger partial charge in [-0.3, -0.25) is 9.59 Å². The van der Waals surface area contributed by atoms with Gasteiger partial charge in [0.05, 0.1) is 0 Å². The second kappa shape index (κ2) is 6.93. The summed E-state index contributed by atoms with van der Waals surface area (Å²) < 4.78 is 0.865. The van der Waals surface area contributed by atoms with Crippen molar-refractivity contribution in [2.24, 2.45) is 5.92 Å². The van der Waals surface area contributed by atoms with E-state index in [1.807, 2.05) is 24.3 Å². The molecule has 0 aliphatic carbocycles. The predicted molar refractivity (Wildman–Crippen MR) is 91.6 cm³/mol. The molecule has 1 aromatic rings. The molecule has 0 aromatic heterocycles. The monoisotopic (exact) mass is 394 g/mol. The summed E-state index contributed by atoms with van der Waals surface area (Å²) in [5.74, 6) is -2.35. The van der Waals surface area contributed by atoms with Gasteiger partial charge in [0.1, 0.15) is 12.0 Å². The molecule has 2 fully saturated rings. The van der Waals surface area contributed by atoms with Crippen LogP contribution in [-0.2, 0) is 14.4 Å². The molecule has 6 nitrogen and oxygen atoms in total. The molecule has 0 spiro atoms. The Balaban J connectivity index is 1.77. The van der Waals surface area contributed by atoms with Crippen LogP contribution in [0.15, 0.2) is 28.7 Å². The number of aliphatic carboxylic acids is 1. The van der Waals surface area contributed by atoms with Gasteiger partial charge < -0.3 is 14.9 Å². The highest BCUT2D eigenvalue weighted by atomic mass is 79.9. The van der Waals surface area contributed by atoms with Gasteiger partial charge in [-0.25, -0.2) is 4.79 Å². The third-order valence-corrected chi connectivity index (χ3v) is 5.19. The molecule has 0 saturated carbocycles. The van der Waals surface area contributed by atoms with Gasteiger partial charge in [-0.1, -0.05) is 22.0 Å². The summed E-state index contributed by atoms with van der Waals surface area (Å²) in [5, 5.41) is 9.33. The van der Waals surface area contributed by atoms with Crippen LogP contribution in [0, 0.1) is 5.92 Å². The molecule has 2 unspecified atom stereocenters. The number of likely N-dealkylation sites (tertiary alicyclic amines) is 1. The molecular weight excluding hydrogens is 376 g/mol. The van der Waals surface area contributed by atoms with Crippen LogP contribution in [-0.4, -0.2) is 46.9 Å². The van der Waals surface area contributed by atoms with Crippen LogP contribution < -0.4 is 4.90 Å². The maximum Gasteiger partial charge on any atom is 0.326 e. The molecule has 0 bridgehead atoms. The number of benzene rings is 1. The Morgan fingerprint density at radius 2 is 1.96 bits per heavy atom. The zero-order valence-corrected chi connectivity index (χ0v) is 14.7. The third kappa shape index (κ3) is 3.17. The predicted octanol–water partition coefficient (Wildman–Crippen LogP) is 2.27. The summed E-state index contributed by atoms with van der Waals surface area (Å²) in [5.41, 5.74) is 0.748. The number of rotatable bonds is 3. The molecule has 2 atom stereocenters. The van der Waals surface area contributed by atoms with Crippen molar-refractivity contribution in [2.45, 2.75) is 31.7 Å². The van der Waals surface area contributed by atoms with E-state index in [9.17, 15) is 19.5 Å². The van der Waals surface area contributed by atoms with E-state index in [-0.39, 0.29) is 11.8 Å². The average Bonchev–Trinajstić information content (AvgIpc) is 2.95. The molecule has 1 aromatic carbocycles. The fourth-order valence-corrected chi connectivity index (χ4v) is 3.85. The zero-order chi connectivity index (χ0) is 17.3. The second-order valence-electron chi connectivity index (χ2n) is 6.19. The molecule has 2 heterocycles. The van der Waals surface area contributed by atoms with Crippen LogP contribution >= 0.6 is 15.9 Å². The van der Waals surface area contributed by atoms with Gasteiger partial charge in [0.15, 0.2) is 0 Å². The van der Waals surface area contributed by atoms with E-state index in [2.05, 4.69) is 15.9 Å². The molecule has 2 aliphatic rings. The lowest BCUT2D eigenvalue weighted by Crippen LogP contribution is -2.51. The fraction of sp³-hybridized carbons (Fsp3) is 0.471. The van der Waals surface area contributed by atoms with Crippen molar-refractivity contribution in [1.29, 1.82) is 0 Å². The van der Waals surface area contributed by atoms with Crippen LogP contribution in [0.3, 0.4) is 0 Å². The molecule has 7 heteroatoms. The SMILES string of the molecule is O=C(O)C1CCCCN1C(=O)C1CCN(c2cccc(Br)c2)C1=O. The molecular formula is C17H19BrN2O4. The van der Waals surface area contributed by atoms with Crippen molar-refractivity contribution in [3.05, 3.63) is 28.7 Å². The average molecular weight is 395 g/mol. The number of carboxylic acids is 1. The third-order valence-electron chi connectivity index (χ3n) is 4.69. The molecule has 24 heavy (non-hydrogen) atoms. The minimum absolute atomic E-state index is 0.243. The number of carbonyl (C=O) groups is 3. The molecule has 0 radical (unpaired) electrons. The van der Waals surface area contributed by atoms with E-state index in [1.165, 1.54) is 4.90 Å². The number of carbonyl (C=O) groups excluding carboxylic acids is 2. The molecule has 3 rings (SSSR count). The number of nitrogens with zero attached hydrogens (tertiary/aromatic N) is 2. The first kappa shape index (κ1) is 17.0. The van der Waals surface area contributed by atoms with Crippen LogP contribution in [0.25, 0.3) is 0 Å². The van der Waals surface area contributed by atoms with Gasteiger partial charge in [-0.2, -0.15) is 0 Å². The zero-order valence-electron chi connectivity index (χ0n) is 13.2. The number of hydrogen-bond donors (Lipinski definition) is 1. The van der Waals surface area contributed by atoms with Gasteiger partial charge in [0.25, 0.3) is 0 Å². The van der Waals surface area contributed by atoms with Crippen LogP contribution in [0.2, 0.25) is 0 Å². The van der Waals surface area contributed by atoms with Crippen molar-refractivity contribution in [2.75, 3.05) is 18.0 Å². The van der Waals surface area contributed by atoms with E-state index in [4.69, 9.17) is 0 Å². The van der Waals surface area contributed by atoms with E-state index in [1.54, 1.807) is 4.90 Å². The number of amides is 2. The minimum atomic E-state index is -0.989. The van der Waals surface area contributed by atoms with Gasteiger partial charge in [0.2, 0.25) is 11.8 Å². The second-order valence-corrected chi connectivity index (χ2v) is 7.11. The maximum absolute atomic E-state index is 12.8. The Bertz CT molecular complexity index is 678. The number of carboxylic acid groups (broad SMARTS) is 1. The highest BCUT2D eigenvalue weighted by Gasteiger charge is 2.43. The first-order valence-corrected chi connectivity index (χ1v) is 8.88. The smallest absolute Gasteiger partial charge is 0.326 e. The summed E-state index contributed by atoms with van der Waals surface area (Å²) in [6.07, 6.45) is 2.46. The maximum atomic E-state index is 12.8. The lowest BCUT2D eigenvalue weighted by molar-refractivity contribution is -0.155. The molecule has 2 saturated heterocycles. The Hall–Kier alpha value is -1.89. The standard InChI is InChI=1S/C17H19BrN2O4/c18-11-4-3-5-12(10-11)19-9-7-13(15(19)21)16(22)20-8-2-1-6-14(20)17(23)24/h3-5,10,13-14H,1-2,6-9H2,(H,23,24). The van der Waals surface area contributed by atoms with Crippen molar-refractivity contribution < 1.29 is 19.5 Å². The summed E-state index contributed by atoms with van der Waals surface area (Å²) in [7, 11) is 0. The van der Waals surface area contributed by atoms with Gasteiger partial charge in [0, 0.05) is 23.2 Å². The minimum Gasteiger partial charge on any atom is -0.480 e. The number of hydrogen-bond acceptors (Lipinski definition) is 3. The van der Waals surface area contributed by atoms with E-state index >= 15 is 0 Å².